The van der Waals surface area contributed by atoms with Crippen LogP contribution in [0.4, 0.5) is 13.2 Å². The van der Waals surface area contributed by atoms with E-state index in [1.165, 1.54) is 0 Å². The van der Waals surface area contributed by atoms with E-state index in [9.17, 15) is 18.0 Å². The van der Waals surface area contributed by atoms with Gasteiger partial charge in [0.1, 0.15) is 5.82 Å². The standard InChI is InChI=1S/C8H8F3N3O/c9-8(10,11)5-3-13-7(14-4-5)2-1-6(12)15/h3-4H,1-2H2,(H2,12,15). The molecule has 1 aromatic heterocycles. The average Bonchev–Trinajstić information content (AvgIpc) is 2.14. The zero-order chi connectivity index (χ0) is 11.5. The fourth-order valence-electron chi connectivity index (χ4n) is 0.865. The van der Waals surface area contributed by atoms with Gasteiger partial charge in [0.25, 0.3) is 0 Å². The first-order valence-electron chi connectivity index (χ1n) is 4.06. The van der Waals surface area contributed by atoms with Crippen LogP contribution in [0, 0.1) is 0 Å². The smallest absolute Gasteiger partial charge is 0.370 e. The first-order chi connectivity index (χ1) is 6.89. The van der Waals surface area contributed by atoms with Gasteiger partial charge in [0.15, 0.2) is 0 Å². The van der Waals surface area contributed by atoms with Crippen molar-refractivity contribution >= 4 is 5.91 Å². The van der Waals surface area contributed by atoms with Crippen molar-refractivity contribution in [3.63, 3.8) is 0 Å². The van der Waals surface area contributed by atoms with E-state index in [2.05, 4.69) is 9.97 Å². The summed E-state index contributed by atoms with van der Waals surface area (Å²) in [5.74, 6) is -0.375. The third kappa shape index (κ3) is 3.53. The van der Waals surface area contributed by atoms with Crippen LogP contribution in [0.5, 0.6) is 0 Å². The molecule has 0 aliphatic carbocycles. The SMILES string of the molecule is NC(=O)CCc1ncc(C(F)(F)F)cn1. The van der Waals surface area contributed by atoms with Crippen LogP contribution in [0.25, 0.3) is 0 Å². The maximum Gasteiger partial charge on any atom is 0.419 e. The minimum Gasteiger partial charge on any atom is -0.370 e. The minimum absolute atomic E-state index is 0.0192. The summed E-state index contributed by atoms with van der Waals surface area (Å²) in [5.41, 5.74) is 3.95. The Bertz CT molecular complexity index is 347. The molecule has 0 radical (unpaired) electrons. The highest BCUT2D eigenvalue weighted by Gasteiger charge is 2.31. The number of aromatic nitrogens is 2. The van der Waals surface area contributed by atoms with E-state index in [1.807, 2.05) is 0 Å². The van der Waals surface area contributed by atoms with E-state index in [0.29, 0.717) is 12.4 Å². The van der Waals surface area contributed by atoms with Crippen molar-refractivity contribution in [1.29, 1.82) is 0 Å². The summed E-state index contributed by atoms with van der Waals surface area (Å²) in [6, 6.07) is 0. The van der Waals surface area contributed by atoms with Crippen molar-refractivity contribution in [2.45, 2.75) is 19.0 Å². The predicted octanol–water partition coefficient (Wildman–Crippen LogP) is 0.913. The number of carbonyl (C=O) groups excluding carboxylic acids is 1. The zero-order valence-corrected chi connectivity index (χ0v) is 7.58. The van der Waals surface area contributed by atoms with Gasteiger partial charge in [-0.2, -0.15) is 13.2 Å². The number of nitrogens with two attached hydrogens (primary N) is 1. The van der Waals surface area contributed by atoms with Crippen molar-refractivity contribution in [3.8, 4) is 0 Å². The lowest BCUT2D eigenvalue weighted by atomic mass is 10.2. The molecule has 82 valence electrons. The maximum absolute atomic E-state index is 12.1. The molecule has 0 fully saturated rings. The third-order valence-electron chi connectivity index (χ3n) is 1.63. The van der Waals surface area contributed by atoms with Crippen LogP contribution in [-0.2, 0) is 17.4 Å². The van der Waals surface area contributed by atoms with Crippen LogP contribution in [0.3, 0.4) is 0 Å². The van der Waals surface area contributed by atoms with Gasteiger partial charge in [-0.25, -0.2) is 9.97 Å². The van der Waals surface area contributed by atoms with Gasteiger partial charge in [-0.1, -0.05) is 0 Å². The number of halogens is 3. The van der Waals surface area contributed by atoms with Crippen LogP contribution in [0.2, 0.25) is 0 Å². The molecule has 7 heteroatoms. The monoisotopic (exact) mass is 219 g/mol. The van der Waals surface area contributed by atoms with Crippen LogP contribution in [-0.4, -0.2) is 15.9 Å². The van der Waals surface area contributed by atoms with E-state index in [-0.39, 0.29) is 18.7 Å². The van der Waals surface area contributed by atoms with Crippen molar-refractivity contribution in [2.75, 3.05) is 0 Å². The Balaban J connectivity index is 2.69. The molecule has 4 nitrogen and oxygen atoms in total. The number of hydrogen-bond donors (Lipinski definition) is 1. The lowest BCUT2D eigenvalue weighted by molar-refractivity contribution is -0.138. The first kappa shape index (κ1) is 11.4. The van der Waals surface area contributed by atoms with Crippen molar-refractivity contribution in [3.05, 3.63) is 23.8 Å². The second-order valence-electron chi connectivity index (χ2n) is 2.85. The molecule has 0 aliphatic heterocycles. The van der Waals surface area contributed by atoms with Gasteiger partial charge in [-0.15, -0.1) is 0 Å². The number of aryl methyl sites for hydroxylation is 1. The Kier molecular flexibility index (Phi) is 3.23. The topological polar surface area (TPSA) is 68.9 Å². The Hall–Kier alpha value is -1.66. The largest absolute Gasteiger partial charge is 0.419 e. The van der Waals surface area contributed by atoms with Gasteiger partial charge in [-0.3, -0.25) is 4.79 Å². The highest BCUT2D eigenvalue weighted by molar-refractivity contribution is 5.73. The van der Waals surface area contributed by atoms with Crippen molar-refractivity contribution in [1.82, 2.24) is 9.97 Å². The summed E-state index contributed by atoms with van der Waals surface area (Å²) in [7, 11) is 0. The number of primary amides is 1. The third-order valence-corrected chi connectivity index (χ3v) is 1.63. The van der Waals surface area contributed by atoms with Crippen molar-refractivity contribution < 1.29 is 18.0 Å². The van der Waals surface area contributed by atoms with E-state index >= 15 is 0 Å². The molecule has 2 N–H and O–H groups in total. The highest BCUT2D eigenvalue weighted by Crippen LogP contribution is 2.27. The second-order valence-corrected chi connectivity index (χ2v) is 2.85. The Morgan fingerprint density at radius 1 is 1.33 bits per heavy atom. The summed E-state index contributed by atoms with van der Waals surface area (Å²) in [4.78, 5) is 17.3. The molecule has 1 amide bonds. The summed E-state index contributed by atoms with van der Waals surface area (Å²) in [6.07, 6.45) is -2.91. The van der Waals surface area contributed by atoms with Gasteiger partial charge >= 0.3 is 6.18 Å². The summed E-state index contributed by atoms with van der Waals surface area (Å²) >= 11 is 0. The number of alkyl halides is 3. The lowest BCUT2D eigenvalue weighted by Crippen LogP contribution is -2.13. The molecule has 1 heterocycles. The van der Waals surface area contributed by atoms with Crippen LogP contribution < -0.4 is 5.73 Å². The van der Waals surface area contributed by atoms with Gasteiger partial charge in [0.2, 0.25) is 5.91 Å². The number of amides is 1. The van der Waals surface area contributed by atoms with E-state index in [0.717, 1.165) is 0 Å². The molecule has 0 saturated carbocycles. The predicted molar refractivity (Wildman–Crippen MR) is 44.5 cm³/mol. The van der Waals surface area contributed by atoms with Gasteiger partial charge in [0.05, 0.1) is 5.56 Å². The van der Waals surface area contributed by atoms with Gasteiger partial charge in [0, 0.05) is 25.2 Å². The van der Waals surface area contributed by atoms with E-state index in [4.69, 9.17) is 5.73 Å². The number of hydrogen-bond acceptors (Lipinski definition) is 3. The maximum atomic E-state index is 12.1. The number of carbonyl (C=O) groups is 1. The van der Waals surface area contributed by atoms with Gasteiger partial charge in [-0.05, 0) is 0 Å². The fourth-order valence-corrected chi connectivity index (χ4v) is 0.865. The molecule has 15 heavy (non-hydrogen) atoms. The normalized spacial score (nSPS) is 11.4. The lowest BCUT2D eigenvalue weighted by Gasteiger charge is -2.05. The average molecular weight is 219 g/mol. The van der Waals surface area contributed by atoms with E-state index in [1.54, 1.807) is 0 Å². The molecule has 0 atom stereocenters. The quantitative estimate of drug-likeness (QED) is 0.821. The molecule has 0 bridgehead atoms. The zero-order valence-electron chi connectivity index (χ0n) is 7.58. The summed E-state index contributed by atoms with van der Waals surface area (Å²) in [6.45, 7) is 0. The highest BCUT2D eigenvalue weighted by atomic mass is 19.4. The Labute approximate surface area is 83.3 Å². The number of nitrogens with zero attached hydrogens (tertiary/aromatic N) is 2. The molecule has 0 spiro atoms. The first-order valence-corrected chi connectivity index (χ1v) is 4.06. The molecule has 0 aliphatic rings. The summed E-state index contributed by atoms with van der Waals surface area (Å²) < 4.78 is 36.2. The second kappa shape index (κ2) is 4.24. The Morgan fingerprint density at radius 2 is 1.87 bits per heavy atom. The molecule has 0 unspecified atom stereocenters. The minimum atomic E-state index is -4.44. The van der Waals surface area contributed by atoms with Crippen LogP contribution in [0.1, 0.15) is 17.8 Å². The van der Waals surface area contributed by atoms with E-state index < -0.39 is 17.6 Å². The molecule has 0 saturated heterocycles. The van der Waals surface area contributed by atoms with Crippen LogP contribution >= 0.6 is 0 Å². The Morgan fingerprint density at radius 3 is 2.27 bits per heavy atom. The molecule has 1 aromatic rings. The molecular weight excluding hydrogens is 211 g/mol. The van der Waals surface area contributed by atoms with Crippen LogP contribution in [0.15, 0.2) is 12.4 Å². The molecule has 0 aromatic carbocycles. The number of rotatable bonds is 3. The molecule has 1 rings (SSSR count). The van der Waals surface area contributed by atoms with Gasteiger partial charge < -0.3 is 5.73 Å². The summed E-state index contributed by atoms with van der Waals surface area (Å²) in [5, 5.41) is 0. The fraction of sp³-hybridized carbons (Fsp3) is 0.375. The molecular formula is C8H8F3N3O. The van der Waals surface area contributed by atoms with Crippen molar-refractivity contribution in [2.24, 2.45) is 5.73 Å².